The minimum Gasteiger partial charge on any atom is -0.327 e. The van der Waals surface area contributed by atoms with Crippen molar-refractivity contribution in [1.29, 1.82) is 0 Å². The Kier molecular flexibility index (Phi) is 3.78. The van der Waals surface area contributed by atoms with Crippen LogP contribution < -0.4 is 0 Å². The first-order valence-corrected chi connectivity index (χ1v) is 7.79. The number of benzene rings is 1. The number of fused-ring (bicyclic) bond motifs is 1. The van der Waals surface area contributed by atoms with Crippen LogP contribution in [0.2, 0.25) is 15.1 Å². The number of H-pyrrole nitrogens is 1. The summed E-state index contributed by atoms with van der Waals surface area (Å²) in [5, 5.41) is 5.78. The van der Waals surface area contributed by atoms with E-state index in [1.807, 2.05) is 18.5 Å². The van der Waals surface area contributed by atoms with Gasteiger partial charge in [0.2, 0.25) is 0 Å². The summed E-state index contributed by atoms with van der Waals surface area (Å²) in [7, 11) is 1.87. The van der Waals surface area contributed by atoms with E-state index in [0.29, 0.717) is 25.5 Å². The Balaban J connectivity index is 2.41. The van der Waals surface area contributed by atoms with Gasteiger partial charge in [-0.3, -0.25) is 4.57 Å². The standard InChI is InChI=1S/C13H11Cl3N4S/c1-3-9-11-12(19(2)18-9)20(13(21)17-11)10-5-7(15)6(14)4-8(10)16/h4-5H,3H2,1-2H3,(H,17,21). The lowest BCUT2D eigenvalue weighted by molar-refractivity contribution is 0.748. The summed E-state index contributed by atoms with van der Waals surface area (Å²) < 4.78 is 4.13. The number of hydrogen-bond donors (Lipinski definition) is 1. The molecule has 0 saturated carbocycles. The average Bonchev–Trinajstić information content (AvgIpc) is 2.91. The van der Waals surface area contributed by atoms with Crippen molar-refractivity contribution in [2.45, 2.75) is 13.3 Å². The molecule has 0 bridgehead atoms. The van der Waals surface area contributed by atoms with Crippen LogP contribution in [0.15, 0.2) is 12.1 Å². The summed E-state index contributed by atoms with van der Waals surface area (Å²) in [6, 6.07) is 3.31. The Hall–Kier alpha value is -1.01. The Morgan fingerprint density at radius 2 is 1.86 bits per heavy atom. The molecule has 0 atom stereocenters. The highest BCUT2D eigenvalue weighted by Crippen LogP contribution is 2.33. The second-order valence-corrected chi connectivity index (χ2v) is 6.21. The largest absolute Gasteiger partial charge is 0.327 e. The lowest BCUT2D eigenvalue weighted by Crippen LogP contribution is -2.01. The number of imidazole rings is 1. The lowest BCUT2D eigenvalue weighted by Gasteiger charge is -2.09. The molecule has 0 spiro atoms. The zero-order valence-corrected chi connectivity index (χ0v) is 14.3. The van der Waals surface area contributed by atoms with Crippen LogP contribution in [0.4, 0.5) is 0 Å². The second-order valence-electron chi connectivity index (χ2n) is 4.61. The maximum absolute atomic E-state index is 6.30. The van der Waals surface area contributed by atoms with E-state index >= 15 is 0 Å². The molecule has 0 aliphatic heterocycles. The summed E-state index contributed by atoms with van der Waals surface area (Å²) in [6.07, 6.45) is 0.807. The first-order valence-electron chi connectivity index (χ1n) is 6.25. The Morgan fingerprint density at radius 1 is 1.19 bits per heavy atom. The predicted molar refractivity (Wildman–Crippen MR) is 89.6 cm³/mol. The monoisotopic (exact) mass is 360 g/mol. The van der Waals surface area contributed by atoms with Crippen molar-refractivity contribution in [3.63, 3.8) is 0 Å². The Labute approximate surface area is 141 Å². The van der Waals surface area contributed by atoms with E-state index in [0.717, 1.165) is 23.3 Å². The molecule has 0 fully saturated rings. The molecule has 1 N–H and O–H groups in total. The smallest absolute Gasteiger partial charge is 0.184 e. The molecule has 1 aromatic carbocycles. The van der Waals surface area contributed by atoms with Crippen LogP contribution in [0.5, 0.6) is 0 Å². The Morgan fingerprint density at radius 3 is 2.52 bits per heavy atom. The lowest BCUT2D eigenvalue weighted by atomic mass is 10.3. The third kappa shape index (κ3) is 2.28. The van der Waals surface area contributed by atoms with E-state index < -0.39 is 0 Å². The summed E-state index contributed by atoms with van der Waals surface area (Å²) in [5.74, 6) is 0. The quantitative estimate of drug-likeness (QED) is 0.518. The summed E-state index contributed by atoms with van der Waals surface area (Å²) in [6.45, 7) is 2.04. The summed E-state index contributed by atoms with van der Waals surface area (Å²) in [4.78, 5) is 3.19. The number of hydrogen-bond acceptors (Lipinski definition) is 2. The maximum atomic E-state index is 6.30. The fraction of sp³-hybridized carbons (Fsp3) is 0.231. The van der Waals surface area contributed by atoms with E-state index in [9.17, 15) is 0 Å². The zero-order valence-electron chi connectivity index (χ0n) is 11.2. The van der Waals surface area contributed by atoms with Crippen molar-refractivity contribution in [2.24, 2.45) is 7.05 Å². The van der Waals surface area contributed by atoms with Crippen molar-refractivity contribution < 1.29 is 0 Å². The number of aromatic amines is 1. The van der Waals surface area contributed by atoms with Gasteiger partial charge in [-0.25, -0.2) is 4.68 Å². The molecular weight excluding hydrogens is 351 g/mol. The van der Waals surface area contributed by atoms with Crippen molar-refractivity contribution in [3.8, 4) is 5.69 Å². The highest BCUT2D eigenvalue weighted by molar-refractivity contribution is 7.71. The number of nitrogens with zero attached hydrogens (tertiary/aromatic N) is 3. The van der Waals surface area contributed by atoms with Gasteiger partial charge in [0, 0.05) is 7.05 Å². The SMILES string of the molecule is CCc1nn(C)c2c1[nH]c(=S)n2-c1cc(Cl)c(Cl)cc1Cl. The third-order valence-electron chi connectivity index (χ3n) is 3.30. The van der Waals surface area contributed by atoms with E-state index in [-0.39, 0.29) is 0 Å². The van der Waals surface area contributed by atoms with Crippen molar-refractivity contribution in [3.05, 3.63) is 37.7 Å². The number of aromatic nitrogens is 4. The summed E-state index contributed by atoms with van der Waals surface area (Å²) in [5.41, 5.74) is 3.38. The molecule has 2 heterocycles. The molecule has 8 heteroatoms. The van der Waals surface area contributed by atoms with Gasteiger partial charge in [-0.05, 0) is 30.8 Å². The van der Waals surface area contributed by atoms with Crippen LogP contribution >= 0.6 is 47.0 Å². The van der Waals surface area contributed by atoms with Crippen molar-refractivity contribution in [2.75, 3.05) is 0 Å². The molecule has 3 rings (SSSR count). The molecule has 0 radical (unpaired) electrons. The van der Waals surface area contributed by atoms with Crippen molar-refractivity contribution in [1.82, 2.24) is 19.3 Å². The molecule has 2 aromatic heterocycles. The maximum Gasteiger partial charge on any atom is 0.184 e. The molecular formula is C13H11Cl3N4S. The molecule has 0 saturated heterocycles. The summed E-state index contributed by atoms with van der Waals surface area (Å²) >= 11 is 23.8. The minimum atomic E-state index is 0.406. The van der Waals surface area contributed by atoms with Crippen LogP contribution in [0.3, 0.4) is 0 Å². The normalized spacial score (nSPS) is 11.5. The van der Waals surface area contributed by atoms with Gasteiger partial charge in [0.25, 0.3) is 0 Å². The zero-order chi connectivity index (χ0) is 15.3. The molecule has 110 valence electrons. The third-order valence-corrected chi connectivity index (χ3v) is 4.61. The molecule has 21 heavy (non-hydrogen) atoms. The first-order chi connectivity index (χ1) is 9.93. The van der Waals surface area contributed by atoms with E-state index in [1.165, 1.54) is 0 Å². The topological polar surface area (TPSA) is 38.5 Å². The van der Waals surface area contributed by atoms with E-state index in [2.05, 4.69) is 10.1 Å². The first kappa shape index (κ1) is 14.9. The van der Waals surface area contributed by atoms with E-state index in [4.69, 9.17) is 47.0 Å². The molecule has 3 aromatic rings. The number of rotatable bonds is 2. The average molecular weight is 362 g/mol. The van der Waals surface area contributed by atoms with Gasteiger partial charge in [0.05, 0.1) is 26.4 Å². The predicted octanol–water partition coefficient (Wildman–Crippen LogP) is 4.94. The Bertz CT molecular complexity index is 906. The van der Waals surface area contributed by atoms with Gasteiger partial charge in [-0.1, -0.05) is 41.7 Å². The van der Waals surface area contributed by atoms with Crippen LogP contribution in [0, 0.1) is 4.77 Å². The van der Waals surface area contributed by atoms with Crippen LogP contribution in [0.1, 0.15) is 12.6 Å². The molecule has 0 aliphatic rings. The van der Waals surface area contributed by atoms with Gasteiger partial charge in [-0.15, -0.1) is 0 Å². The number of nitrogens with one attached hydrogen (secondary N) is 1. The minimum absolute atomic E-state index is 0.406. The van der Waals surface area contributed by atoms with Gasteiger partial charge in [0.15, 0.2) is 10.4 Å². The second kappa shape index (κ2) is 5.32. The van der Waals surface area contributed by atoms with Gasteiger partial charge < -0.3 is 4.98 Å². The highest BCUT2D eigenvalue weighted by Gasteiger charge is 2.18. The van der Waals surface area contributed by atoms with Crippen molar-refractivity contribution >= 4 is 58.2 Å². The van der Waals surface area contributed by atoms with Crippen LogP contribution in [-0.4, -0.2) is 19.3 Å². The fourth-order valence-corrected chi connectivity index (χ4v) is 3.28. The molecule has 4 nitrogen and oxygen atoms in total. The molecule has 0 aliphatic carbocycles. The number of halogens is 3. The highest BCUT2D eigenvalue weighted by atomic mass is 35.5. The van der Waals surface area contributed by atoms with Gasteiger partial charge in [-0.2, -0.15) is 5.10 Å². The van der Waals surface area contributed by atoms with Crippen LogP contribution in [0.25, 0.3) is 16.9 Å². The van der Waals surface area contributed by atoms with Gasteiger partial charge >= 0.3 is 0 Å². The molecule has 0 amide bonds. The fourth-order valence-electron chi connectivity index (χ4n) is 2.37. The van der Waals surface area contributed by atoms with Crippen LogP contribution in [-0.2, 0) is 13.5 Å². The molecule has 0 unspecified atom stereocenters. The van der Waals surface area contributed by atoms with E-state index in [1.54, 1.807) is 16.8 Å². The number of aryl methyl sites for hydroxylation is 2. The van der Waals surface area contributed by atoms with Gasteiger partial charge in [0.1, 0.15) is 5.52 Å².